The number of aromatic nitrogens is 4. The van der Waals surface area contributed by atoms with Crippen LogP contribution >= 0.6 is 0 Å². The van der Waals surface area contributed by atoms with Crippen molar-refractivity contribution in [3.05, 3.63) is 70.9 Å². The van der Waals surface area contributed by atoms with Gasteiger partial charge in [0.25, 0.3) is 5.91 Å². The lowest BCUT2D eigenvalue weighted by molar-refractivity contribution is -0.117. The topological polar surface area (TPSA) is 84.2 Å². The summed E-state index contributed by atoms with van der Waals surface area (Å²) in [4.78, 5) is 38.9. The molecule has 1 fully saturated rings. The molecule has 0 saturated carbocycles. The van der Waals surface area contributed by atoms with Gasteiger partial charge in [-0.3, -0.25) is 19.2 Å². The number of anilines is 1. The number of piperidine rings is 1. The molecule has 0 N–H and O–H groups in total. The number of carbonyl (C=O) groups excluding carboxylic acids is 2. The molecule has 2 aliphatic rings. The summed E-state index contributed by atoms with van der Waals surface area (Å²) in [7, 11) is 1.78. The van der Waals surface area contributed by atoms with Crippen LogP contribution in [0.3, 0.4) is 0 Å². The lowest BCUT2D eigenvalue weighted by Crippen LogP contribution is -2.39. The van der Waals surface area contributed by atoms with Gasteiger partial charge in [0.2, 0.25) is 5.91 Å². The molecule has 8 nitrogen and oxygen atoms in total. The standard InChI is InChI=1S/C25H28N6O2/c1-17-20-16-22(32)31(15-9-18-6-4-3-5-7-18)24(20)28-23(27-17)19-10-13-30(14-11-19)25(33)21-8-12-26-29(21)2/h3-8,12,19H,9-11,13-16H2,1-2H3. The highest BCUT2D eigenvalue weighted by Gasteiger charge is 2.33. The maximum Gasteiger partial charge on any atom is 0.272 e. The molecular formula is C25H28N6O2. The van der Waals surface area contributed by atoms with Crippen LogP contribution in [0.5, 0.6) is 0 Å². The van der Waals surface area contributed by atoms with Gasteiger partial charge in [-0.1, -0.05) is 30.3 Å². The average molecular weight is 445 g/mol. The highest BCUT2D eigenvalue weighted by atomic mass is 16.2. The van der Waals surface area contributed by atoms with Gasteiger partial charge in [0.05, 0.1) is 6.42 Å². The maximum atomic E-state index is 12.8. The first-order valence-electron chi connectivity index (χ1n) is 11.5. The van der Waals surface area contributed by atoms with E-state index in [1.165, 1.54) is 5.56 Å². The van der Waals surface area contributed by atoms with Crippen LogP contribution in [0.2, 0.25) is 0 Å². The maximum absolute atomic E-state index is 12.8. The summed E-state index contributed by atoms with van der Waals surface area (Å²) in [6.07, 6.45) is 4.42. The second-order valence-corrected chi connectivity index (χ2v) is 8.83. The SMILES string of the molecule is Cc1nc(C2CCN(C(=O)c3ccnn3C)CC2)nc2c1CC(=O)N2CCc1ccccc1. The second-order valence-electron chi connectivity index (χ2n) is 8.83. The minimum absolute atomic E-state index is 0.0113. The van der Waals surface area contributed by atoms with Crippen LogP contribution in [0.25, 0.3) is 0 Å². The van der Waals surface area contributed by atoms with Crippen LogP contribution in [0, 0.1) is 6.92 Å². The molecule has 1 saturated heterocycles. The van der Waals surface area contributed by atoms with Gasteiger partial charge in [-0.05, 0) is 37.8 Å². The van der Waals surface area contributed by atoms with Crippen LogP contribution in [-0.2, 0) is 24.7 Å². The van der Waals surface area contributed by atoms with E-state index in [1.807, 2.05) is 34.9 Å². The van der Waals surface area contributed by atoms with Crippen LogP contribution in [0.4, 0.5) is 5.82 Å². The largest absolute Gasteiger partial charge is 0.337 e. The molecule has 2 amide bonds. The summed E-state index contributed by atoms with van der Waals surface area (Å²) in [5.41, 5.74) is 3.64. The zero-order chi connectivity index (χ0) is 22.9. The quantitative estimate of drug-likeness (QED) is 0.604. The molecule has 2 aliphatic heterocycles. The molecule has 0 unspecified atom stereocenters. The minimum Gasteiger partial charge on any atom is -0.337 e. The minimum atomic E-state index is 0.0113. The molecule has 3 aromatic rings. The number of aryl methyl sites for hydroxylation is 2. The molecule has 0 aliphatic carbocycles. The van der Waals surface area contributed by atoms with Crippen molar-refractivity contribution in [1.82, 2.24) is 24.6 Å². The van der Waals surface area contributed by atoms with E-state index >= 15 is 0 Å². The van der Waals surface area contributed by atoms with Crippen molar-refractivity contribution in [1.29, 1.82) is 0 Å². The predicted molar refractivity (Wildman–Crippen MR) is 124 cm³/mol. The van der Waals surface area contributed by atoms with Gasteiger partial charge in [-0.2, -0.15) is 5.10 Å². The second kappa shape index (κ2) is 8.77. The summed E-state index contributed by atoms with van der Waals surface area (Å²) in [6.45, 7) is 3.90. The number of fused-ring (bicyclic) bond motifs is 1. The Hall–Kier alpha value is -3.55. The molecule has 170 valence electrons. The fraction of sp³-hybridized carbons (Fsp3) is 0.400. The number of hydrogen-bond donors (Lipinski definition) is 0. The zero-order valence-electron chi connectivity index (χ0n) is 19.1. The Balaban J connectivity index is 1.30. The number of hydrogen-bond acceptors (Lipinski definition) is 5. The molecule has 5 rings (SSSR count). The van der Waals surface area contributed by atoms with Gasteiger partial charge in [0.15, 0.2) is 0 Å². The van der Waals surface area contributed by atoms with Crippen molar-refractivity contribution in [3.63, 3.8) is 0 Å². The molecule has 1 aromatic carbocycles. The first-order chi connectivity index (χ1) is 16.0. The summed E-state index contributed by atoms with van der Waals surface area (Å²) >= 11 is 0. The molecule has 33 heavy (non-hydrogen) atoms. The van der Waals surface area contributed by atoms with Crippen LogP contribution in [0.15, 0.2) is 42.6 Å². The van der Waals surface area contributed by atoms with E-state index in [1.54, 1.807) is 24.0 Å². The third-order valence-corrected chi connectivity index (χ3v) is 6.75. The molecule has 0 atom stereocenters. The fourth-order valence-corrected chi connectivity index (χ4v) is 4.78. The molecule has 0 radical (unpaired) electrons. The lowest BCUT2D eigenvalue weighted by atomic mass is 9.95. The number of carbonyl (C=O) groups is 2. The Bertz CT molecular complexity index is 1180. The van der Waals surface area contributed by atoms with Crippen molar-refractivity contribution < 1.29 is 9.59 Å². The normalized spacial score (nSPS) is 16.4. The Kier molecular flexibility index (Phi) is 5.66. The van der Waals surface area contributed by atoms with Gasteiger partial charge in [-0.15, -0.1) is 0 Å². The Morgan fingerprint density at radius 2 is 1.85 bits per heavy atom. The number of likely N-dealkylation sites (tertiary alicyclic amines) is 1. The third-order valence-electron chi connectivity index (χ3n) is 6.75. The third kappa shape index (κ3) is 4.13. The Morgan fingerprint density at radius 1 is 1.09 bits per heavy atom. The van der Waals surface area contributed by atoms with Crippen LogP contribution in [-0.4, -0.2) is 56.1 Å². The average Bonchev–Trinajstić information content (AvgIpc) is 3.40. The smallest absolute Gasteiger partial charge is 0.272 e. The molecule has 2 aromatic heterocycles. The van der Waals surface area contributed by atoms with Crippen molar-refractivity contribution in [2.45, 2.75) is 38.5 Å². The van der Waals surface area contributed by atoms with Gasteiger partial charge < -0.3 is 4.90 Å². The fourth-order valence-electron chi connectivity index (χ4n) is 4.78. The number of amides is 2. The summed E-state index contributed by atoms with van der Waals surface area (Å²) in [6, 6.07) is 12.0. The Labute approximate surface area is 193 Å². The van der Waals surface area contributed by atoms with Gasteiger partial charge >= 0.3 is 0 Å². The van der Waals surface area contributed by atoms with E-state index in [0.717, 1.165) is 42.2 Å². The first kappa shape index (κ1) is 21.3. The highest BCUT2D eigenvalue weighted by molar-refractivity contribution is 6.00. The van der Waals surface area contributed by atoms with E-state index in [4.69, 9.17) is 9.97 Å². The van der Waals surface area contributed by atoms with Crippen LogP contribution in [0.1, 0.15) is 51.9 Å². The summed E-state index contributed by atoms with van der Waals surface area (Å²) in [5.74, 6) is 1.84. The van der Waals surface area contributed by atoms with Crippen LogP contribution < -0.4 is 4.90 Å². The van der Waals surface area contributed by atoms with E-state index in [0.29, 0.717) is 31.7 Å². The molecule has 4 heterocycles. The number of nitrogens with zero attached hydrogens (tertiary/aromatic N) is 6. The van der Waals surface area contributed by atoms with E-state index in [2.05, 4.69) is 17.2 Å². The predicted octanol–water partition coefficient (Wildman–Crippen LogP) is 2.67. The summed E-state index contributed by atoms with van der Waals surface area (Å²) in [5, 5.41) is 4.10. The van der Waals surface area contributed by atoms with E-state index < -0.39 is 0 Å². The van der Waals surface area contributed by atoms with Crippen molar-refractivity contribution in [2.75, 3.05) is 24.5 Å². The number of rotatable bonds is 5. The van der Waals surface area contributed by atoms with Gasteiger partial charge in [0, 0.05) is 50.1 Å². The van der Waals surface area contributed by atoms with E-state index in [9.17, 15) is 9.59 Å². The van der Waals surface area contributed by atoms with Gasteiger partial charge in [-0.25, -0.2) is 9.97 Å². The van der Waals surface area contributed by atoms with Crippen molar-refractivity contribution in [2.24, 2.45) is 7.05 Å². The molecule has 8 heteroatoms. The number of benzene rings is 1. The monoisotopic (exact) mass is 444 g/mol. The molecule has 0 spiro atoms. The van der Waals surface area contributed by atoms with Crippen molar-refractivity contribution in [3.8, 4) is 0 Å². The van der Waals surface area contributed by atoms with Gasteiger partial charge in [0.1, 0.15) is 17.3 Å². The molecule has 0 bridgehead atoms. The lowest BCUT2D eigenvalue weighted by Gasteiger charge is -2.31. The Morgan fingerprint density at radius 3 is 2.55 bits per heavy atom. The molecular weight excluding hydrogens is 416 g/mol. The van der Waals surface area contributed by atoms with Crippen molar-refractivity contribution >= 4 is 17.6 Å². The highest BCUT2D eigenvalue weighted by Crippen LogP contribution is 2.33. The van der Waals surface area contributed by atoms with E-state index in [-0.39, 0.29) is 17.7 Å². The first-order valence-corrected chi connectivity index (χ1v) is 11.5. The summed E-state index contributed by atoms with van der Waals surface area (Å²) < 4.78 is 1.61. The zero-order valence-corrected chi connectivity index (χ0v) is 19.1.